The third-order valence-corrected chi connectivity index (χ3v) is 5.78. The van der Waals surface area contributed by atoms with Crippen molar-refractivity contribution in [3.05, 3.63) is 77.9 Å². The lowest BCUT2D eigenvalue weighted by Crippen LogP contribution is -2.48. The van der Waals surface area contributed by atoms with Crippen molar-refractivity contribution in [3.8, 4) is 0 Å². The largest absolute Gasteiger partial charge is 0.355 e. The van der Waals surface area contributed by atoms with Crippen LogP contribution in [0, 0.1) is 0 Å². The molecule has 7 nitrogen and oxygen atoms in total. The van der Waals surface area contributed by atoms with Crippen LogP contribution in [0.5, 0.6) is 0 Å². The van der Waals surface area contributed by atoms with E-state index in [1.807, 2.05) is 36.7 Å². The highest BCUT2D eigenvalue weighted by molar-refractivity contribution is 5.82. The van der Waals surface area contributed by atoms with E-state index in [2.05, 4.69) is 36.6 Å². The van der Waals surface area contributed by atoms with Gasteiger partial charge in [0.25, 0.3) is 0 Å². The van der Waals surface area contributed by atoms with Gasteiger partial charge in [-0.15, -0.1) is 0 Å². The van der Waals surface area contributed by atoms with Crippen LogP contribution < -0.4 is 10.6 Å². The minimum absolute atomic E-state index is 0.0236. The molecule has 0 spiro atoms. The molecule has 3 N–H and O–H groups in total. The number of pyridine rings is 2. The third kappa shape index (κ3) is 5.98. The second-order valence-electron chi connectivity index (χ2n) is 8.06. The Morgan fingerprint density at radius 3 is 2.94 bits per heavy atom. The molecule has 0 saturated carbocycles. The first kappa shape index (κ1) is 21.2. The normalized spacial score (nSPS) is 16.5. The second kappa shape index (κ2) is 10.8. The number of fused-ring (bicyclic) bond motifs is 1. The van der Waals surface area contributed by atoms with Crippen LogP contribution in [0.1, 0.15) is 54.4 Å². The van der Waals surface area contributed by atoms with Gasteiger partial charge in [0.1, 0.15) is 0 Å². The highest BCUT2D eigenvalue weighted by atomic mass is 16.2. The van der Waals surface area contributed by atoms with Gasteiger partial charge in [0.05, 0.1) is 24.1 Å². The van der Waals surface area contributed by atoms with E-state index in [1.165, 1.54) is 5.56 Å². The van der Waals surface area contributed by atoms with Crippen LogP contribution in [0.3, 0.4) is 0 Å². The average molecular weight is 419 g/mol. The fraction of sp³-hybridized carbons (Fsp3) is 0.417. The molecule has 0 aliphatic heterocycles. The Morgan fingerprint density at radius 2 is 2.10 bits per heavy atom. The lowest BCUT2D eigenvalue weighted by Gasteiger charge is -2.29. The van der Waals surface area contributed by atoms with Crippen molar-refractivity contribution in [1.82, 2.24) is 30.6 Å². The van der Waals surface area contributed by atoms with Crippen molar-refractivity contribution < 1.29 is 4.79 Å². The fourth-order valence-corrected chi connectivity index (χ4v) is 4.17. The number of hydrogen-bond acceptors (Lipinski definition) is 5. The maximum Gasteiger partial charge on any atom is 0.237 e. The molecule has 2 atom stereocenters. The first-order valence-electron chi connectivity index (χ1n) is 11.1. The minimum atomic E-state index is -0.339. The lowest BCUT2D eigenvalue weighted by molar-refractivity contribution is -0.123. The summed E-state index contributed by atoms with van der Waals surface area (Å²) in [4.78, 5) is 29.2. The summed E-state index contributed by atoms with van der Waals surface area (Å²) in [5, 5.41) is 6.70. The summed E-state index contributed by atoms with van der Waals surface area (Å²) in [5.74, 6) is 0.0236. The van der Waals surface area contributed by atoms with Gasteiger partial charge in [-0.25, -0.2) is 4.98 Å². The second-order valence-corrected chi connectivity index (χ2v) is 8.06. The molecule has 1 aliphatic carbocycles. The predicted octanol–water partition coefficient (Wildman–Crippen LogP) is 2.92. The SMILES string of the molecule is O=C(NCCCCc1ccccn1)C(Cc1cnc[nH]1)NC1CCCc2cccnc21. The van der Waals surface area contributed by atoms with Crippen molar-refractivity contribution in [3.63, 3.8) is 0 Å². The molecule has 7 heteroatoms. The topological polar surface area (TPSA) is 95.6 Å². The van der Waals surface area contributed by atoms with Gasteiger partial charge in [-0.2, -0.15) is 0 Å². The van der Waals surface area contributed by atoms with Gasteiger partial charge in [0, 0.05) is 42.9 Å². The van der Waals surface area contributed by atoms with Crippen molar-refractivity contribution >= 4 is 5.91 Å². The van der Waals surface area contributed by atoms with Gasteiger partial charge in [0.2, 0.25) is 5.91 Å². The maximum absolute atomic E-state index is 13.0. The molecule has 0 bridgehead atoms. The number of hydrogen-bond donors (Lipinski definition) is 3. The van der Waals surface area contributed by atoms with Crippen LogP contribution in [0.25, 0.3) is 0 Å². The number of nitrogens with zero attached hydrogens (tertiary/aromatic N) is 3. The molecule has 31 heavy (non-hydrogen) atoms. The van der Waals surface area contributed by atoms with Crippen LogP contribution >= 0.6 is 0 Å². The van der Waals surface area contributed by atoms with Crippen LogP contribution in [-0.2, 0) is 24.1 Å². The zero-order valence-electron chi connectivity index (χ0n) is 17.8. The zero-order valence-corrected chi connectivity index (χ0v) is 17.8. The van der Waals surface area contributed by atoms with Crippen LogP contribution in [-0.4, -0.2) is 38.4 Å². The predicted molar refractivity (Wildman–Crippen MR) is 119 cm³/mol. The number of H-pyrrole nitrogens is 1. The number of carbonyl (C=O) groups excluding carboxylic acids is 1. The van der Waals surface area contributed by atoms with Crippen molar-refractivity contribution in [2.24, 2.45) is 0 Å². The number of aromatic nitrogens is 4. The summed E-state index contributed by atoms with van der Waals surface area (Å²) in [6.45, 7) is 0.659. The van der Waals surface area contributed by atoms with E-state index in [0.29, 0.717) is 13.0 Å². The molecule has 162 valence electrons. The number of imidazole rings is 1. The monoisotopic (exact) mass is 418 g/mol. The lowest BCUT2D eigenvalue weighted by atomic mass is 9.91. The molecular formula is C24H30N6O. The van der Waals surface area contributed by atoms with Gasteiger partial charge < -0.3 is 10.3 Å². The van der Waals surface area contributed by atoms with E-state index >= 15 is 0 Å². The summed E-state index contributed by atoms with van der Waals surface area (Å²) in [7, 11) is 0. The third-order valence-electron chi connectivity index (χ3n) is 5.78. The number of aryl methyl sites for hydroxylation is 2. The van der Waals surface area contributed by atoms with E-state index in [-0.39, 0.29) is 18.0 Å². The first-order chi connectivity index (χ1) is 15.3. The number of rotatable bonds is 10. The molecule has 0 saturated heterocycles. The summed E-state index contributed by atoms with van der Waals surface area (Å²) in [6.07, 6.45) is 13.6. The Morgan fingerprint density at radius 1 is 1.16 bits per heavy atom. The molecule has 0 fully saturated rings. The van der Waals surface area contributed by atoms with E-state index in [9.17, 15) is 4.79 Å². The standard InChI is InChI=1S/C24H30N6O/c31-24(28-13-4-2-10-19-9-1-3-12-26-19)22(15-20-16-25-17-29-20)30-21-11-5-7-18-8-6-14-27-23(18)21/h1,3,6,8-9,12,14,16-17,21-22,30H,2,4-5,7,10-11,13,15H2,(H,25,29)(H,28,31). The van der Waals surface area contributed by atoms with E-state index < -0.39 is 0 Å². The highest BCUT2D eigenvalue weighted by Gasteiger charge is 2.27. The van der Waals surface area contributed by atoms with Crippen LogP contribution in [0.15, 0.2) is 55.2 Å². The smallest absolute Gasteiger partial charge is 0.237 e. The number of aromatic amines is 1. The first-order valence-corrected chi connectivity index (χ1v) is 11.1. The number of carbonyl (C=O) groups is 1. The summed E-state index contributed by atoms with van der Waals surface area (Å²) in [5.41, 5.74) is 4.39. The van der Waals surface area contributed by atoms with E-state index in [1.54, 1.807) is 12.5 Å². The Kier molecular flexibility index (Phi) is 7.39. The fourth-order valence-electron chi connectivity index (χ4n) is 4.17. The van der Waals surface area contributed by atoms with Crippen LogP contribution in [0.4, 0.5) is 0 Å². The molecule has 1 amide bonds. The molecule has 0 aromatic carbocycles. The van der Waals surface area contributed by atoms with Crippen molar-refractivity contribution in [1.29, 1.82) is 0 Å². The summed E-state index contributed by atoms with van der Waals surface area (Å²) >= 11 is 0. The van der Waals surface area contributed by atoms with Crippen molar-refractivity contribution in [2.45, 2.75) is 57.0 Å². The quantitative estimate of drug-likeness (QED) is 0.440. The number of unbranched alkanes of at least 4 members (excludes halogenated alkanes) is 1. The number of nitrogens with one attached hydrogen (secondary N) is 3. The maximum atomic E-state index is 13.0. The Balaban J connectivity index is 1.33. The average Bonchev–Trinajstić information content (AvgIpc) is 3.32. The van der Waals surface area contributed by atoms with Gasteiger partial charge in [-0.05, 0) is 62.3 Å². The van der Waals surface area contributed by atoms with Gasteiger partial charge in [-0.1, -0.05) is 12.1 Å². The summed E-state index contributed by atoms with van der Waals surface area (Å²) in [6, 6.07) is 9.86. The molecule has 3 aromatic rings. The molecule has 4 rings (SSSR count). The molecule has 0 radical (unpaired) electrons. The Hall–Kier alpha value is -3.06. The number of amides is 1. The van der Waals surface area contributed by atoms with Gasteiger partial charge in [0.15, 0.2) is 0 Å². The molecule has 3 heterocycles. The van der Waals surface area contributed by atoms with Crippen LogP contribution in [0.2, 0.25) is 0 Å². The van der Waals surface area contributed by atoms with E-state index in [4.69, 9.17) is 0 Å². The van der Waals surface area contributed by atoms with Crippen molar-refractivity contribution in [2.75, 3.05) is 6.54 Å². The van der Waals surface area contributed by atoms with Gasteiger partial charge in [-0.3, -0.25) is 20.1 Å². The Labute approximate surface area is 183 Å². The highest BCUT2D eigenvalue weighted by Crippen LogP contribution is 2.28. The van der Waals surface area contributed by atoms with Gasteiger partial charge >= 0.3 is 0 Å². The van der Waals surface area contributed by atoms with E-state index in [0.717, 1.165) is 55.6 Å². The molecule has 3 aromatic heterocycles. The zero-order chi connectivity index (χ0) is 21.3. The summed E-state index contributed by atoms with van der Waals surface area (Å²) < 4.78 is 0. The Bertz CT molecular complexity index is 944. The molecular weight excluding hydrogens is 388 g/mol. The minimum Gasteiger partial charge on any atom is -0.355 e. The molecule has 1 aliphatic rings. The molecule has 2 unspecified atom stereocenters.